The molecule has 0 aliphatic heterocycles. The van der Waals surface area contributed by atoms with E-state index in [1.807, 2.05) is 31.2 Å². The molecule has 0 N–H and O–H groups in total. The van der Waals surface area contributed by atoms with Crippen molar-refractivity contribution in [2.75, 3.05) is 0 Å². The van der Waals surface area contributed by atoms with E-state index < -0.39 is 0 Å². The molecule has 70 valence electrons. The fraction of sp³-hybridized carbons (Fsp3) is 0.0909. The molecule has 3 heteroatoms. The molecule has 0 spiro atoms. The molecule has 2 aromatic rings. The van der Waals surface area contributed by atoms with Crippen LogP contribution in [0.1, 0.15) is 5.56 Å². The Morgan fingerprint density at radius 3 is 2.64 bits per heavy atom. The Morgan fingerprint density at radius 2 is 1.93 bits per heavy atom. The average molecular weight is 205 g/mol. The fourth-order valence-corrected chi connectivity index (χ4v) is 1.52. The van der Waals surface area contributed by atoms with Gasteiger partial charge in [0.05, 0.1) is 0 Å². The summed E-state index contributed by atoms with van der Waals surface area (Å²) < 4.78 is 0. The van der Waals surface area contributed by atoms with Gasteiger partial charge in [-0.1, -0.05) is 35.4 Å². The molecule has 1 aromatic heterocycles. The van der Waals surface area contributed by atoms with Gasteiger partial charge in [0.1, 0.15) is 5.69 Å². The lowest BCUT2D eigenvalue weighted by Gasteiger charge is -2.02. The van der Waals surface area contributed by atoms with Crippen LogP contribution in [0.15, 0.2) is 36.7 Å². The van der Waals surface area contributed by atoms with Gasteiger partial charge in [-0.25, -0.2) is 4.98 Å². The van der Waals surface area contributed by atoms with E-state index in [4.69, 9.17) is 11.6 Å². The van der Waals surface area contributed by atoms with Crippen LogP contribution in [0.3, 0.4) is 0 Å². The lowest BCUT2D eigenvalue weighted by molar-refractivity contribution is 1.20. The zero-order valence-corrected chi connectivity index (χ0v) is 8.49. The van der Waals surface area contributed by atoms with Crippen LogP contribution >= 0.6 is 11.6 Å². The third-order valence-electron chi connectivity index (χ3n) is 1.95. The minimum atomic E-state index is 0.443. The first kappa shape index (κ1) is 9.16. The van der Waals surface area contributed by atoms with Gasteiger partial charge in [-0.3, -0.25) is 4.98 Å². The molecule has 0 saturated carbocycles. The highest BCUT2D eigenvalue weighted by Gasteiger charge is 2.04. The lowest BCUT2D eigenvalue weighted by atomic mass is 10.1. The molecule has 14 heavy (non-hydrogen) atoms. The summed E-state index contributed by atoms with van der Waals surface area (Å²) in [5.41, 5.74) is 2.92. The first-order valence-corrected chi connectivity index (χ1v) is 4.69. The standard InChI is InChI=1S/C11H9ClN2/c1-8-3-2-4-9(7-8)10-11(12)14-6-5-13-10/h2-7H,1H3. The number of nitrogens with zero attached hydrogens (tertiary/aromatic N) is 2. The van der Waals surface area contributed by atoms with Crippen LogP contribution in [0, 0.1) is 6.92 Å². The quantitative estimate of drug-likeness (QED) is 0.714. The van der Waals surface area contributed by atoms with Crippen LogP contribution in [0.2, 0.25) is 5.15 Å². The Balaban J connectivity index is 2.55. The van der Waals surface area contributed by atoms with E-state index in [9.17, 15) is 0 Å². The Morgan fingerprint density at radius 1 is 1.14 bits per heavy atom. The highest BCUT2D eigenvalue weighted by molar-refractivity contribution is 6.31. The predicted molar refractivity (Wildman–Crippen MR) is 57.2 cm³/mol. The van der Waals surface area contributed by atoms with E-state index in [-0.39, 0.29) is 0 Å². The average Bonchev–Trinajstić information content (AvgIpc) is 2.18. The van der Waals surface area contributed by atoms with Gasteiger partial charge in [-0.15, -0.1) is 0 Å². The normalized spacial score (nSPS) is 10.1. The maximum atomic E-state index is 5.94. The first-order chi connectivity index (χ1) is 6.77. The molecule has 0 unspecified atom stereocenters. The third-order valence-corrected chi connectivity index (χ3v) is 2.22. The van der Waals surface area contributed by atoms with Gasteiger partial charge in [-0.05, 0) is 13.0 Å². The molecule has 0 fully saturated rings. The number of aryl methyl sites for hydroxylation is 1. The Labute approximate surface area is 87.6 Å². The van der Waals surface area contributed by atoms with Gasteiger partial charge in [0.2, 0.25) is 0 Å². The summed E-state index contributed by atoms with van der Waals surface area (Å²) in [5.74, 6) is 0. The Bertz CT molecular complexity index is 455. The second-order valence-electron chi connectivity index (χ2n) is 3.07. The summed E-state index contributed by atoms with van der Waals surface area (Å²) in [7, 11) is 0. The molecule has 0 radical (unpaired) electrons. The predicted octanol–water partition coefficient (Wildman–Crippen LogP) is 3.11. The minimum Gasteiger partial charge on any atom is -0.251 e. The molecule has 0 saturated heterocycles. The van der Waals surface area contributed by atoms with Crippen molar-refractivity contribution in [1.29, 1.82) is 0 Å². The molecule has 0 bridgehead atoms. The van der Waals surface area contributed by atoms with E-state index in [0.717, 1.165) is 11.3 Å². The maximum absolute atomic E-state index is 5.94. The first-order valence-electron chi connectivity index (χ1n) is 4.31. The Kier molecular flexibility index (Phi) is 2.46. The van der Waals surface area contributed by atoms with E-state index in [2.05, 4.69) is 9.97 Å². The fourth-order valence-electron chi connectivity index (χ4n) is 1.31. The summed E-state index contributed by atoms with van der Waals surface area (Å²) in [4.78, 5) is 8.18. The molecule has 0 aliphatic rings. The molecular weight excluding hydrogens is 196 g/mol. The third kappa shape index (κ3) is 1.75. The van der Waals surface area contributed by atoms with E-state index >= 15 is 0 Å². The lowest BCUT2D eigenvalue weighted by Crippen LogP contribution is -1.87. The number of rotatable bonds is 1. The van der Waals surface area contributed by atoms with Crippen molar-refractivity contribution in [3.8, 4) is 11.3 Å². The highest BCUT2D eigenvalue weighted by atomic mass is 35.5. The number of benzene rings is 1. The number of hydrogen-bond acceptors (Lipinski definition) is 2. The second-order valence-corrected chi connectivity index (χ2v) is 3.42. The van der Waals surface area contributed by atoms with Crippen molar-refractivity contribution in [2.24, 2.45) is 0 Å². The Hall–Kier alpha value is -1.41. The largest absolute Gasteiger partial charge is 0.251 e. The van der Waals surface area contributed by atoms with Gasteiger partial charge in [0, 0.05) is 18.0 Å². The van der Waals surface area contributed by atoms with Gasteiger partial charge in [0.25, 0.3) is 0 Å². The van der Waals surface area contributed by atoms with Gasteiger partial charge in [-0.2, -0.15) is 0 Å². The van der Waals surface area contributed by atoms with E-state index in [1.54, 1.807) is 12.4 Å². The molecule has 1 heterocycles. The van der Waals surface area contributed by atoms with Crippen molar-refractivity contribution in [1.82, 2.24) is 9.97 Å². The minimum absolute atomic E-state index is 0.443. The number of hydrogen-bond donors (Lipinski definition) is 0. The molecule has 2 rings (SSSR count). The topological polar surface area (TPSA) is 25.8 Å². The highest BCUT2D eigenvalue weighted by Crippen LogP contribution is 2.23. The maximum Gasteiger partial charge on any atom is 0.155 e. The van der Waals surface area contributed by atoms with Crippen molar-refractivity contribution in [3.63, 3.8) is 0 Å². The second kappa shape index (κ2) is 3.76. The molecule has 1 aromatic carbocycles. The van der Waals surface area contributed by atoms with Gasteiger partial charge < -0.3 is 0 Å². The molecule has 0 aliphatic carbocycles. The molecule has 0 amide bonds. The van der Waals surface area contributed by atoms with E-state index in [1.165, 1.54) is 5.56 Å². The van der Waals surface area contributed by atoms with Crippen LogP contribution in [-0.2, 0) is 0 Å². The van der Waals surface area contributed by atoms with Crippen molar-refractivity contribution >= 4 is 11.6 Å². The zero-order chi connectivity index (χ0) is 9.97. The van der Waals surface area contributed by atoms with Crippen LogP contribution in [-0.4, -0.2) is 9.97 Å². The molecule has 2 nitrogen and oxygen atoms in total. The summed E-state index contributed by atoms with van der Waals surface area (Å²) in [6.07, 6.45) is 3.23. The summed E-state index contributed by atoms with van der Waals surface area (Å²) >= 11 is 5.94. The summed E-state index contributed by atoms with van der Waals surface area (Å²) in [6, 6.07) is 8.03. The van der Waals surface area contributed by atoms with Crippen LogP contribution < -0.4 is 0 Å². The van der Waals surface area contributed by atoms with Crippen molar-refractivity contribution < 1.29 is 0 Å². The van der Waals surface area contributed by atoms with Crippen LogP contribution in [0.25, 0.3) is 11.3 Å². The molecular formula is C11H9ClN2. The number of aromatic nitrogens is 2. The smallest absolute Gasteiger partial charge is 0.155 e. The zero-order valence-electron chi connectivity index (χ0n) is 7.74. The monoisotopic (exact) mass is 204 g/mol. The van der Waals surface area contributed by atoms with Crippen LogP contribution in [0.4, 0.5) is 0 Å². The van der Waals surface area contributed by atoms with Crippen molar-refractivity contribution in [2.45, 2.75) is 6.92 Å². The van der Waals surface area contributed by atoms with Gasteiger partial charge >= 0.3 is 0 Å². The van der Waals surface area contributed by atoms with E-state index in [0.29, 0.717) is 5.15 Å². The van der Waals surface area contributed by atoms with Crippen LogP contribution in [0.5, 0.6) is 0 Å². The molecule has 0 atom stereocenters. The SMILES string of the molecule is Cc1cccc(-c2nccnc2Cl)c1. The summed E-state index contributed by atoms with van der Waals surface area (Å²) in [5, 5.41) is 0.443. The van der Waals surface area contributed by atoms with Gasteiger partial charge in [0.15, 0.2) is 5.15 Å². The number of halogens is 1. The summed E-state index contributed by atoms with van der Waals surface area (Å²) in [6.45, 7) is 2.04. The van der Waals surface area contributed by atoms with Crippen molar-refractivity contribution in [3.05, 3.63) is 47.4 Å².